The van der Waals surface area contributed by atoms with Gasteiger partial charge in [-0.15, -0.1) is 0 Å². The van der Waals surface area contributed by atoms with Crippen LogP contribution in [0.3, 0.4) is 0 Å². The molecule has 73 heavy (non-hydrogen) atoms. The number of carbonyl (C=O) groups is 4. The second-order valence-corrected chi connectivity index (χ2v) is 19.4. The highest BCUT2D eigenvalue weighted by Crippen LogP contribution is 2.28. The van der Waals surface area contributed by atoms with Crippen molar-refractivity contribution in [2.45, 2.75) is 76.3 Å². The molecule has 4 atom stereocenters. The third-order valence-corrected chi connectivity index (χ3v) is 13.6. The van der Waals surface area contributed by atoms with E-state index in [1.165, 1.54) is 30.4 Å². The van der Waals surface area contributed by atoms with E-state index < -0.39 is 35.8 Å². The molecule has 0 saturated carbocycles. The summed E-state index contributed by atoms with van der Waals surface area (Å²) in [6.45, 7) is 6.98. The van der Waals surface area contributed by atoms with E-state index in [0.29, 0.717) is 24.7 Å². The molecule has 0 radical (unpaired) electrons. The van der Waals surface area contributed by atoms with Crippen LogP contribution in [-0.2, 0) is 40.0 Å². The number of esters is 1. The molecule has 2 aromatic heterocycles. The predicted molar refractivity (Wildman–Crippen MR) is 285 cm³/mol. The monoisotopic (exact) mass is 1070 g/mol. The van der Waals surface area contributed by atoms with Crippen LogP contribution in [0.2, 0.25) is 20.1 Å². The van der Waals surface area contributed by atoms with Crippen LogP contribution in [0.4, 0.5) is 11.6 Å². The standard InChI is InChI=1S/C28H29Cl2N3O4.C27H27Cl2N3O4/c1-17(23-13-10-19-5-4-14-31-26(19)32-23)16-37-20-11-8-18(9-12-20)15-24(28(35)36-2)33-27(34)25-21(29)6-3-7-22(25)30;1-16(22-12-9-18-4-3-13-30-25(18)31-22)15-36-19-10-7-17(8-11-19)14-23(27(34)35)32-26(33)24-20(28)5-2-6-21(24)29/h3,6-13,17,24H,4-5,14-16H2,1-2H3,(H,31,32)(H,33,34);2,5-12,16,23H,3-4,13-15H2,1H3,(H,30,31)(H,32,33)(H,34,35)/t17?,24-;16?,23-/m00/s1. The van der Waals surface area contributed by atoms with Crippen molar-refractivity contribution in [3.63, 3.8) is 0 Å². The van der Waals surface area contributed by atoms with Gasteiger partial charge in [-0.2, -0.15) is 0 Å². The van der Waals surface area contributed by atoms with Crippen LogP contribution >= 0.6 is 46.4 Å². The Bertz CT molecular complexity index is 2870. The number of nitrogens with zero attached hydrogens (tertiary/aromatic N) is 2. The highest BCUT2D eigenvalue weighted by Gasteiger charge is 2.26. The number of aliphatic carboxylic acids is 1. The number of ether oxygens (including phenoxy) is 3. The molecule has 0 aliphatic carbocycles. The number of fused-ring (bicyclic) bond motifs is 2. The predicted octanol–water partition coefficient (Wildman–Crippen LogP) is 10.8. The van der Waals surface area contributed by atoms with Gasteiger partial charge in [-0.3, -0.25) is 9.59 Å². The molecular weight excluding hydrogens is 1010 g/mol. The van der Waals surface area contributed by atoms with Crippen LogP contribution in [0.25, 0.3) is 0 Å². The third-order valence-electron chi connectivity index (χ3n) is 12.3. The van der Waals surface area contributed by atoms with Gasteiger partial charge in [0.2, 0.25) is 0 Å². The Morgan fingerprint density at radius 2 is 0.986 bits per heavy atom. The first kappa shape index (κ1) is 54.2. The van der Waals surface area contributed by atoms with Gasteiger partial charge in [-0.1, -0.05) is 109 Å². The number of methoxy groups -OCH3 is 1. The number of amides is 2. The number of aromatic nitrogens is 2. The van der Waals surface area contributed by atoms with Gasteiger partial charge < -0.3 is 40.6 Å². The number of anilines is 2. The number of hydrogen-bond acceptors (Lipinski definition) is 11. The van der Waals surface area contributed by atoms with E-state index >= 15 is 0 Å². The second kappa shape index (κ2) is 25.9. The van der Waals surface area contributed by atoms with Gasteiger partial charge in [0.15, 0.2) is 0 Å². The molecular formula is C55H56Cl4N6O8. The van der Waals surface area contributed by atoms with Crippen LogP contribution < -0.4 is 30.7 Å². The Morgan fingerprint density at radius 1 is 0.589 bits per heavy atom. The van der Waals surface area contributed by atoms with E-state index in [2.05, 4.69) is 59.4 Å². The summed E-state index contributed by atoms with van der Waals surface area (Å²) < 4.78 is 16.8. The normalized spacial score (nSPS) is 14.1. The Labute approximate surface area is 444 Å². The molecule has 4 aromatic carbocycles. The Morgan fingerprint density at radius 3 is 1.38 bits per heavy atom. The van der Waals surface area contributed by atoms with Crippen LogP contribution in [0.15, 0.2) is 109 Å². The minimum absolute atomic E-state index is 0.0501. The average Bonchev–Trinajstić information content (AvgIpc) is 3.39. The fourth-order valence-electron chi connectivity index (χ4n) is 8.19. The van der Waals surface area contributed by atoms with Gasteiger partial charge in [0.25, 0.3) is 11.8 Å². The van der Waals surface area contributed by atoms with Gasteiger partial charge in [0.1, 0.15) is 35.2 Å². The molecule has 382 valence electrons. The largest absolute Gasteiger partial charge is 0.493 e. The lowest BCUT2D eigenvalue weighted by atomic mass is 10.0. The van der Waals surface area contributed by atoms with Crippen molar-refractivity contribution in [2.75, 3.05) is 44.0 Å². The number of halogens is 4. The van der Waals surface area contributed by atoms with Crippen molar-refractivity contribution in [1.29, 1.82) is 0 Å². The zero-order valence-corrected chi connectivity index (χ0v) is 43.5. The van der Waals surface area contributed by atoms with E-state index in [4.69, 9.17) is 70.6 Å². The molecule has 0 spiro atoms. The summed E-state index contributed by atoms with van der Waals surface area (Å²) in [6.07, 6.45) is 4.67. The van der Waals surface area contributed by atoms with Crippen molar-refractivity contribution in [3.8, 4) is 11.5 Å². The van der Waals surface area contributed by atoms with Crippen molar-refractivity contribution in [2.24, 2.45) is 0 Å². The van der Waals surface area contributed by atoms with Crippen LogP contribution in [0, 0.1) is 0 Å². The minimum Gasteiger partial charge on any atom is -0.493 e. The highest BCUT2D eigenvalue weighted by molar-refractivity contribution is 6.40. The Kier molecular flexibility index (Phi) is 19.2. The summed E-state index contributed by atoms with van der Waals surface area (Å²) in [5.41, 5.74) is 6.18. The Balaban J connectivity index is 0.000000214. The van der Waals surface area contributed by atoms with Crippen molar-refractivity contribution in [3.05, 3.63) is 174 Å². The van der Waals surface area contributed by atoms with Gasteiger partial charge in [0, 0.05) is 49.2 Å². The SMILES string of the molecule is CC(COc1ccc(C[C@H](NC(=O)c2c(Cl)cccc2Cl)C(=O)O)cc1)c1ccc2c(n1)NCCC2.COC(=O)[C@H](Cc1ccc(OCC(C)c2ccc3c(n2)NCCC3)cc1)NC(=O)c1c(Cl)cccc1Cl. The van der Waals surface area contributed by atoms with E-state index in [-0.39, 0.29) is 55.9 Å². The third kappa shape index (κ3) is 14.8. The quantitative estimate of drug-likeness (QED) is 0.0513. The van der Waals surface area contributed by atoms with E-state index in [0.717, 1.165) is 72.9 Å². The minimum atomic E-state index is -1.16. The van der Waals surface area contributed by atoms with E-state index in [1.54, 1.807) is 48.5 Å². The maximum absolute atomic E-state index is 12.8. The summed E-state index contributed by atoms with van der Waals surface area (Å²) in [5.74, 6) is 0.602. The lowest BCUT2D eigenvalue weighted by molar-refractivity contribution is -0.143. The first-order chi connectivity index (χ1) is 35.2. The maximum atomic E-state index is 12.8. The molecule has 6 aromatic rings. The summed E-state index contributed by atoms with van der Waals surface area (Å²) in [4.78, 5) is 59.1. The first-order valence-electron chi connectivity index (χ1n) is 23.9. The van der Waals surface area contributed by atoms with E-state index in [9.17, 15) is 24.3 Å². The maximum Gasteiger partial charge on any atom is 0.328 e. The smallest absolute Gasteiger partial charge is 0.328 e. The molecule has 18 heteroatoms. The zero-order valence-electron chi connectivity index (χ0n) is 40.5. The molecule has 0 fully saturated rings. The number of nitrogens with one attached hydrogen (secondary N) is 4. The van der Waals surface area contributed by atoms with Crippen LogP contribution in [0.5, 0.6) is 11.5 Å². The van der Waals surface area contributed by atoms with Crippen molar-refractivity contribution < 1.29 is 38.5 Å². The second-order valence-electron chi connectivity index (χ2n) is 17.8. The molecule has 0 saturated heterocycles. The number of carboxylic acids is 1. The van der Waals surface area contributed by atoms with Crippen LogP contribution in [-0.4, -0.2) is 84.3 Å². The topological polar surface area (TPSA) is 190 Å². The number of carbonyl (C=O) groups excluding carboxylic acids is 3. The molecule has 2 aliphatic heterocycles. The molecule has 5 N–H and O–H groups in total. The van der Waals surface area contributed by atoms with Crippen LogP contribution in [0.1, 0.15) is 92.9 Å². The number of hydrogen-bond donors (Lipinski definition) is 5. The fraction of sp³-hybridized carbons (Fsp3) is 0.309. The van der Waals surface area contributed by atoms with Crippen molar-refractivity contribution >= 4 is 81.8 Å². The van der Waals surface area contributed by atoms with Gasteiger partial charge in [-0.05, 0) is 109 Å². The van der Waals surface area contributed by atoms with Gasteiger partial charge >= 0.3 is 11.9 Å². The number of aryl methyl sites for hydroxylation is 2. The number of rotatable bonds is 18. The lowest BCUT2D eigenvalue weighted by Gasteiger charge is -2.20. The number of carboxylic acid groups (broad SMARTS) is 1. The summed E-state index contributed by atoms with van der Waals surface area (Å²) in [7, 11) is 1.27. The Hall–Kier alpha value is -6.58. The molecule has 2 aliphatic rings. The molecule has 4 heterocycles. The zero-order chi connectivity index (χ0) is 52.0. The summed E-state index contributed by atoms with van der Waals surface area (Å²) >= 11 is 24.4. The van der Waals surface area contributed by atoms with E-state index in [1.807, 2.05) is 24.3 Å². The number of benzene rings is 4. The number of pyridine rings is 2. The summed E-state index contributed by atoms with van der Waals surface area (Å²) in [5, 5.41) is 22.3. The highest BCUT2D eigenvalue weighted by atomic mass is 35.5. The molecule has 8 rings (SSSR count). The van der Waals surface area contributed by atoms with Gasteiger partial charge in [0.05, 0.1) is 51.5 Å². The summed E-state index contributed by atoms with van der Waals surface area (Å²) in [6, 6.07) is 30.3. The molecule has 2 amide bonds. The van der Waals surface area contributed by atoms with Gasteiger partial charge in [-0.25, -0.2) is 19.6 Å². The molecule has 14 nitrogen and oxygen atoms in total. The van der Waals surface area contributed by atoms with Crippen molar-refractivity contribution in [1.82, 2.24) is 20.6 Å². The average molecular weight is 1070 g/mol. The lowest BCUT2D eigenvalue weighted by Crippen LogP contribution is -2.43. The molecule has 0 bridgehead atoms. The first-order valence-corrected chi connectivity index (χ1v) is 25.4. The molecule has 2 unspecified atom stereocenters. The fourth-order valence-corrected chi connectivity index (χ4v) is 9.33.